The Morgan fingerprint density at radius 2 is 1.63 bits per heavy atom. The molecule has 19 heavy (non-hydrogen) atoms. The summed E-state index contributed by atoms with van der Waals surface area (Å²) in [6.45, 7) is 2.02. The second kappa shape index (κ2) is 6.29. The van der Waals surface area contributed by atoms with Gasteiger partial charge in [0, 0.05) is 0 Å². The molecule has 1 aliphatic carbocycles. The van der Waals surface area contributed by atoms with Gasteiger partial charge in [0.25, 0.3) is 0 Å². The third kappa shape index (κ3) is 3.03. The van der Waals surface area contributed by atoms with Crippen molar-refractivity contribution in [2.24, 2.45) is 5.92 Å². The molecule has 1 aromatic carbocycles. The van der Waals surface area contributed by atoms with E-state index in [1.165, 1.54) is 19.3 Å². The monoisotopic (exact) mass is 264 g/mol. The molecule has 1 saturated carbocycles. The summed E-state index contributed by atoms with van der Waals surface area (Å²) in [7, 11) is 3.26. The summed E-state index contributed by atoms with van der Waals surface area (Å²) in [5.41, 5.74) is 2.04. The number of hydrogen-bond donors (Lipinski definition) is 1. The molecule has 0 aliphatic heterocycles. The standard InChI is InChI=1S/C16H24O3/c1-11-9-14(18-2)15(19-3)10-13(11)16(17)12-7-5-4-6-8-12/h9-10,12,16-17H,4-8H2,1-3H3. The summed E-state index contributed by atoms with van der Waals surface area (Å²) >= 11 is 0. The minimum atomic E-state index is -0.389. The molecule has 1 aliphatic rings. The largest absolute Gasteiger partial charge is 0.493 e. The van der Waals surface area contributed by atoms with Gasteiger partial charge in [-0.25, -0.2) is 0 Å². The third-order valence-electron chi connectivity index (χ3n) is 4.19. The van der Waals surface area contributed by atoms with Gasteiger partial charge in [-0.3, -0.25) is 0 Å². The van der Waals surface area contributed by atoms with Crippen molar-refractivity contribution in [1.29, 1.82) is 0 Å². The molecule has 0 amide bonds. The van der Waals surface area contributed by atoms with Crippen LogP contribution in [0.4, 0.5) is 0 Å². The van der Waals surface area contributed by atoms with Crippen LogP contribution >= 0.6 is 0 Å². The quantitative estimate of drug-likeness (QED) is 0.902. The molecule has 1 unspecified atom stereocenters. The molecule has 106 valence electrons. The summed E-state index contributed by atoms with van der Waals surface area (Å²) in [5.74, 6) is 1.79. The van der Waals surface area contributed by atoms with Crippen LogP contribution in [0.1, 0.15) is 49.3 Å². The summed E-state index contributed by atoms with van der Waals surface area (Å²) in [5, 5.41) is 10.6. The lowest BCUT2D eigenvalue weighted by Gasteiger charge is -2.28. The molecule has 0 heterocycles. The highest BCUT2D eigenvalue weighted by Gasteiger charge is 2.25. The summed E-state index contributed by atoms with van der Waals surface area (Å²) in [4.78, 5) is 0. The van der Waals surface area contributed by atoms with Crippen LogP contribution in [0, 0.1) is 12.8 Å². The van der Waals surface area contributed by atoms with Crippen LogP contribution in [-0.2, 0) is 0 Å². The van der Waals surface area contributed by atoms with Crippen molar-refractivity contribution in [3.8, 4) is 11.5 Å². The van der Waals surface area contributed by atoms with Gasteiger partial charge < -0.3 is 14.6 Å². The number of hydrogen-bond acceptors (Lipinski definition) is 3. The maximum atomic E-state index is 10.6. The fourth-order valence-corrected chi connectivity index (χ4v) is 3.02. The Balaban J connectivity index is 2.27. The van der Waals surface area contributed by atoms with Gasteiger partial charge in [-0.2, -0.15) is 0 Å². The maximum absolute atomic E-state index is 10.6. The smallest absolute Gasteiger partial charge is 0.161 e. The summed E-state index contributed by atoms with van der Waals surface area (Å²) < 4.78 is 10.6. The first kappa shape index (κ1) is 14.2. The van der Waals surface area contributed by atoms with Gasteiger partial charge in [-0.15, -0.1) is 0 Å². The molecular weight excluding hydrogens is 240 g/mol. The van der Waals surface area contributed by atoms with E-state index in [1.807, 2.05) is 19.1 Å². The number of methoxy groups -OCH3 is 2. The Bertz CT molecular complexity index is 422. The molecule has 2 rings (SSSR count). The number of aryl methyl sites for hydroxylation is 1. The van der Waals surface area contributed by atoms with Crippen LogP contribution in [0.15, 0.2) is 12.1 Å². The normalized spacial score (nSPS) is 18.1. The van der Waals surface area contributed by atoms with E-state index in [9.17, 15) is 5.11 Å². The van der Waals surface area contributed by atoms with Crippen LogP contribution in [0.2, 0.25) is 0 Å². The predicted molar refractivity (Wildman–Crippen MR) is 75.8 cm³/mol. The Morgan fingerprint density at radius 3 is 2.21 bits per heavy atom. The first-order chi connectivity index (χ1) is 9.17. The zero-order chi connectivity index (χ0) is 13.8. The number of rotatable bonds is 4. The van der Waals surface area contributed by atoms with Gasteiger partial charge in [0.2, 0.25) is 0 Å². The average Bonchev–Trinajstić information content (AvgIpc) is 2.47. The third-order valence-corrected chi connectivity index (χ3v) is 4.19. The second-order valence-electron chi connectivity index (χ2n) is 5.41. The lowest BCUT2D eigenvalue weighted by atomic mass is 9.81. The van der Waals surface area contributed by atoms with E-state index in [1.54, 1.807) is 14.2 Å². The van der Waals surface area contributed by atoms with E-state index >= 15 is 0 Å². The molecule has 3 nitrogen and oxygen atoms in total. The van der Waals surface area contributed by atoms with Crippen molar-refractivity contribution < 1.29 is 14.6 Å². The molecule has 0 radical (unpaired) electrons. The number of benzene rings is 1. The van der Waals surface area contributed by atoms with Crippen molar-refractivity contribution >= 4 is 0 Å². The fourth-order valence-electron chi connectivity index (χ4n) is 3.02. The first-order valence-corrected chi connectivity index (χ1v) is 7.08. The number of aliphatic hydroxyl groups excluding tert-OH is 1. The van der Waals surface area contributed by atoms with Crippen LogP contribution < -0.4 is 9.47 Å². The molecule has 0 spiro atoms. The second-order valence-corrected chi connectivity index (χ2v) is 5.41. The van der Waals surface area contributed by atoms with Gasteiger partial charge in [0.15, 0.2) is 11.5 Å². The van der Waals surface area contributed by atoms with Crippen molar-refractivity contribution in [1.82, 2.24) is 0 Å². The topological polar surface area (TPSA) is 38.7 Å². The van der Waals surface area contributed by atoms with E-state index in [0.717, 1.165) is 29.7 Å². The van der Waals surface area contributed by atoms with E-state index < -0.39 is 0 Å². The van der Waals surface area contributed by atoms with Gasteiger partial charge in [-0.1, -0.05) is 19.3 Å². The van der Waals surface area contributed by atoms with Crippen LogP contribution in [-0.4, -0.2) is 19.3 Å². The Morgan fingerprint density at radius 1 is 1.05 bits per heavy atom. The van der Waals surface area contributed by atoms with Crippen molar-refractivity contribution in [3.63, 3.8) is 0 Å². The van der Waals surface area contributed by atoms with Crippen LogP contribution in [0.25, 0.3) is 0 Å². The highest BCUT2D eigenvalue weighted by Crippen LogP contribution is 2.39. The molecule has 1 atom stereocenters. The molecule has 0 bridgehead atoms. The van der Waals surface area contributed by atoms with Crippen molar-refractivity contribution in [3.05, 3.63) is 23.3 Å². The highest BCUT2D eigenvalue weighted by atomic mass is 16.5. The number of ether oxygens (including phenoxy) is 2. The van der Waals surface area contributed by atoms with Crippen molar-refractivity contribution in [2.75, 3.05) is 14.2 Å². The van der Waals surface area contributed by atoms with E-state index in [2.05, 4.69) is 0 Å². The van der Waals surface area contributed by atoms with Gasteiger partial charge in [0.1, 0.15) is 0 Å². The van der Waals surface area contributed by atoms with Crippen LogP contribution in [0.3, 0.4) is 0 Å². The zero-order valence-electron chi connectivity index (χ0n) is 12.1. The first-order valence-electron chi connectivity index (χ1n) is 7.08. The van der Waals surface area contributed by atoms with Gasteiger partial charge in [0.05, 0.1) is 20.3 Å². The molecule has 1 aromatic rings. The van der Waals surface area contributed by atoms with E-state index in [-0.39, 0.29) is 6.10 Å². The number of aliphatic hydroxyl groups is 1. The summed E-state index contributed by atoms with van der Waals surface area (Å²) in [6.07, 6.45) is 5.61. The van der Waals surface area contributed by atoms with Crippen molar-refractivity contribution in [2.45, 2.75) is 45.1 Å². The Labute approximate surface area is 115 Å². The van der Waals surface area contributed by atoms with Gasteiger partial charge in [-0.05, 0) is 48.9 Å². The molecule has 0 aromatic heterocycles. The molecule has 0 saturated heterocycles. The highest BCUT2D eigenvalue weighted by molar-refractivity contribution is 5.47. The predicted octanol–water partition coefficient (Wildman–Crippen LogP) is 3.63. The van der Waals surface area contributed by atoms with E-state index in [0.29, 0.717) is 11.7 Å². The fraction of sp³-hybridized carbons (Fsp3) is 0.625. The SMILES string of the molecule is COc1cc(C)c(C(O)C2CCCCC2)cc1OC. The van der Waals surface area contributed by atoms with E-state index in [4.69, 9.17) is 9.47 Å². The lowest BCUT2D eigenvalue weighted by Crippen LogP contribution is -2.17. The van der Waals surface area contributed by atoms with Crippen LogP contribution in [0.5, 0.6) is 11.5 Å². The van der Waals surface area contributed by atoms with Gasteiger partial charge >= 0.3 is 0 Å². The lowest BCUT2D eigenvalue weighted by molar-refractivity contribution is 0.0840. The summed E-state index contributed by atoms with van der Waals surface area (Å²) in [6, 6.07) is 3.87. The molecular formula is C16H24O3. The zero-order valence-corrected chi connectivity index (χ0v) is 12.1. The minimum absolute atomic E-state index is 0.380. The molecule has 1 fully saturated rings. The minimum Gasteiger partial charge on any atom is -0.493 e. The Hall–Kier alpha value is -1.22. The molecule has 3 heteroatoms. The maximum Gasteiger partial charge on any atom is 0.161 e. The molecule has 1 N–H and O–H groups in total. The average molecular weight is 264 g/mol. The Kier molecular flexibility index (Phi) is 4.70.